The molecule has 0 aliphatic carbocycles. The van der Waals surface area contributed by atoms with Crippen molar-refractivity contribution in [2.45, 2.75) is 19.0 Å². The fraction of sp³-hybridized carbons (Fsp3) is 0.231. The fourth-order valence-corrected chi connectivity index (χ4v) is 2.79. The summed E-state index contributed by atoms with van der Waals surface area (Å²) in [4.78, 5) is 4.65. The number of benzene rings is 1. The second-order valence-corrected chi connectivity index (χ2v) is 4.98. The number of para-hydroxylation sites is 2. The van der Waals surface area contributed by atoms with Crippen LogP contribution < -0.4 is 0 Å². The third-order valence-corrected chi connectivity index (χ3v) is 3.66. The zero-order chi connectivity index (χ0) is 12.7. The van der Waals surface area contributed by atoms with Gasteiger partial charge in [-0.3, -0.25) is 9.67 Å². The number of nitrogens with one attached hydrogen (secondary N) is 1. The molecule has 92 valence electrons. The second kappa shape index (κ2) is 4.17. The van der Waals surface area contributed by atoms with Crippen molar-refractivity contribution >= 4 is 22.8 Å². The van der Waals surface area contributed by atoms with Gasteiger partial charge in [-0.05, 0) is 32.2 Å². The molecule has 2 aromatic heterocycles. The summed E-state index contributed by atoms with van der Waals surface area (Å²) in [6.07, 6.45) is 2.04. The number of thioether (sulfide) groups is 1. The molecule has 4 nitrogen and oxygen atoms in total. The van der Waals surface area contributed by atoms with Crippen molar-refractivity contribution in [2.24, 2.45) is 0 Å². The Bertz CT molecular complexity index is 691. The Morgan fingerprint density at radius 2 is 2.00 bits per heavy atom. The molecule has 2 heterocycles. The number of imidazole rings is 1. The summed E-state index contributed by atoms with van der Waals surface area (Å²) in [5, 5.41) is 8.29. The number of aryl methyl sites for hydroxylation is 2. The molecule has 0 spiro atoms. The maximum atomic E-state index is 4.65. The molecule has 0 amide bonds. The maximum Gasteiger partial charge on any atom is 0.173 e. The Kier molecular flexibility index (Phi) is 2.63. The number of H-pyrrole nitrogens is 1. The van der Waals surface area contributed by atoms with Gasteiger partial charge in [0.2, 0.25) is 0 Å². The minimum atomic E-state index is 0.990. The molecule has 0 saturated heterocycles. The molecule has 0 aliphatic rings. The molecule has 0 aliphatic heterocycles. The molecule has 0 saturated carbocycles. The van der Waals surface area contributed by atoms with E-state index < -0.39 is 0 Å². The summed E-state index contributed by atoms with van der Waals surface area (Å²) in [5.41, 5.74) is 5.29. The lowest BCUT2D eigenvalue weighted by molar-refractivity contribution is 0.907. The first-order valence-corrected chi connectivity index (χ1v) is 6.98. The van der Waals surface area contributed by atoms with E-state index in [1.165, 1.54) is 0 Å². The van der Waals surface area contributed by atoms with Gasteiger partial charge in [-0.1, -0.05) is 23.9 Å². The van der Waals surface area contributed by atoms with Crippen molar-refractivity contribution in [3.63, 3.8) is 0 Å². The average Bonchev–Trinajstić information content (AvgIpc) is 2.90. The van der Waals surface area contributed by atoms with Crippen molar-refractivity contribution in [3.8, 4) is 5.69 Å². The topological polar surface area (TPSA) is 46.5 Å². The first-order valence-electron chi connectivity index (χ1n) is 5.75. The third kappa shape index (κ3) is 1.54. The van der Waals surface area contributed by atoms with Crippen LogP contribution in [0.5, 0.6) is 0 Å². The molecule has 0 atom stereocenters. The van der Waals surface area contributed by atoms with E-state index in [0.717, 1.165) is 33.3 Å². The highest BCUT2D eigenvalue weighted by atomic mass is 32.2. The summed E-state index contributed by atoms with van der Waals surface area (Å²) in [5.74, 6) is 0. The van der Waals surface area contributed by atoms with E-state index in [1.54, 1.807) is 11.8 Å². The van der Waals surface area contributed by atoms with E-state index in [1.807, 2.05) is 38.3 Å². The Labute approximate surface area is 109 Å². The molecule has 3 rings (SSSR count). The summed E-state index contributed by atoms with van der Waals surface area (Å²) < 4.78 is 2.17. The van der Waals surface area contributed by atoms with Crippen molar-refractivity contribution in [3.05, 3.63) is 35.7 Å². The number of aromatic amines is 1. The van der Waals surface area contributed by atoms with Crippen LogP contribution >= 0.6 is 11.8 Å². The number of hydrogen-bond donors (Lipinski definition) is 1. The van der Waals surface area contributed by atoms with Gasteiger partial charge in [0.25, 0.3) is 0 Å². The number of aromatic nitrogens is 4. The van der Waals surface area contributed by atoms with Gasteiger partial charge >= 0.3 is 0 Å². The molecule has 1 N–H and O–H groups in total. The first kappa shape index (κ1) is 11.3. The Hall–Kier alpha value is -1.75. The smallest absolute Gasteiger partial charge is 0.173 e. The van der Waals surface area contributed by atoms with Crippen LogP contribution in [0.15, 0.2) is 29.4 Å². The van der Waals surface area contributed by atoms with Gasteiger partial charge in [-0.2, -0.15) is 5.10 Å². The fourth-order valence-electron chi connectivity index (χ4n) is 2.23. The maximum absolute atomic E-state index is 4.65. The predicted octanol–water partition coefficient (Wildman–Crippen LogP) is 3.09. The molecular formula is C13H14N4S. The lowest BCUT2D eigenvalue weighted by atomic mass is 10.2. The third-order valence-electron chi connectivity index (χ3n) is 3.03. The Morgan fingerprint density at radius 3 is 2.67 bits per heavy atom. The van der Waals surface area contributed by atoms with Crippen molar-refractivity contribution in [1.29, 1.82) is 0 Å². The summed E-state index contributed by atoms with van der Waals surface area (Å²) >= 11 is 1.65. The first-order chi connectivity index (χ1) is 8.72. The molecule has 5 heteroatoms. The zero-order valence-electron chi connectivity index (χ0n) is 10.6. The second-order valence-electron chi connectivity index (χ2n) is 4.21. The molecular weight excluding hydrogens is 244 g/mol. The van der Waals surface area contributed by atoms with Crippen LogP contribution in [0.4, 0.5) is 0 Å². The van der Waals surface area contributed by atoms with Gasteiger partial charge in [0.1, 0.15) is 0 Å². The van der Waals surface area contributed by atoms with E-state index in [-0.39, 0.29) is 0 Å². The van der Waals surface area contributed by atoms with E-state index in [2.05, 4.69) is 25.8 Å². The van der Waals surface area contributed by atoms with E-state index >= 15 is 0 Å². The number of fused-ring (bicyclic) bond motifs is 1. The number of hydrogen-bond acceptors (Lipinski definition) is 3. The highest BCUT2D eigenvalue weighted by Gasteiger charge is 2.16. The number of rotatable bonds is 2. The Morgan fingerprint density at radius 1 is 1.22 bits per heavy atom. The van der Waals surface area contributed by atoms with Gasteiger partial charge in [0, 0.05) is 0 Å². The minimum absolute atomic E-state index is 0.990. The zero-order valence-corrected chi connectivity index (χ0v) is 11.4. The number of nitrogens with zero attached hydrogens (tertiary/aromatic N) is 3. The van der Waals surface area contributed by atoms with Crippen molar-refractivity contribution < 1.29 is 0 Å². The SMILES string of the molecule is CSc1nc2ccccc2n1-c1c(C)n[nH]c1C. The van der Waals surface area contributed by atoms with Crippen LogP contribution in [0, 0.1) is 13.8 Å². The minimum Gasteiger partial charge on any atom is -0.284 e. The molecule has 0 fully saturated rings. The predicted molar refractivity (Wildman–Crippen MR) is 74.5 cm³/mol. The summed E-state index contributed by atoms with van der Waals surface area (Å²) in [6.45, 7) is 4.05. The van der Waals surface area contributed by atoms with E-state index in [0.29, 0.717) is 0 Å². The van der Waals surface area contributed by atoms with Crippen LogP contribution in [0.3, 0.4) is 0 Å². The largest absolute Gasteiger partial charge is 0.284 e. The standard InChI is InChI=1S/C13H14N4S/c1-8-12(9(2)16-15-8)17-11-7-5-4-6-10(11)14-13(17)18-3/h4-7H,1-3H3,(H,15,16). The van der Waals surface area contributed by atoms with Crippen LogP contribution in [-0.4, -0.2) is 26.0 Å². The van der Waals surface area contributed by atoms with E-state index in [4.69, 9.17) is 0 Å². The highest BCUT2D eigenvalue weighted by Crippen LogP contribution is 2.29. The van der Waals surface area contributed by atoms with Gasteiger partial charge in [0.05, 0.1) is 28.1 Å². The molecule has 1 aromatic carbocycles. The molecule has 0 bridgehead atoms. The van der Waals surface area contributed by atoms with Gasteiger partial charge in [-0.15, -0.1) is 0 Å². The van der Waals surface area contributed by atoms with Crippen molar-refractivity contribution in [2.75, 3.05) is 6.26 Å². The average molecular weight is 258 g/mol. The normalized spacial score (nSPS) is 11.3. The Balaban J connectivity index is 2.40. The molecule has 3 aromatic rings. The van der Waals surface area contributed by atoms with Crippen LogP contribution in [-0.2, 0) is 0 Å². The van der Waals surface area contributed by atoms with Crippen LogP contribution in [0.25, 0.3) is 16.7 Å². The lowest BCUT2D eigenvalue weighted by Crippen LogP contribution is -1.98. The van der Waals surface area contributed by atoms with Gasteiger partial charge < -0.3 is 0 Å². The summed E-state index contributed by atoms with van der Waals surface area (Å²) in [6, 6.07) is 8.18. The van der Waals surface area contributed by atoms with Crippen molar-refractivity contribution in [1.82, 2.24) is 19.7 Å². The summed E-state index contributed by atoms with van der Waals surface area (Å²) in [7, 11) is 0. The molecule has 18 heavy (non-hydrogen) atoms. The van der Waals surface area contributed by atoms with Gasteiger partial charge in [0.15, 0.2) is 5.16 Å². The molecule has 0 radical (unpaired) electrons. The monoisotopic (exact) mass is 258 g/mol. The van der Waals surface area contributed by atoms with E-state index in [9.17, 15) is 0 Å². The van der Waals surface area contributed by atoms with Gasteiger partial charge in [-0.25, -0.2) is 4.98 Å². The molecule has 0 unspecified atom stereocenters. The van der Waals surface area contributed by atoms with Crippen LogP contribution in [0.2, 0.25) is 0 Å². The lowest BCUT2D eigenvalue weighted by Gasteiger charge is -2.07. The highest BCUT2D eigenvalue weighted by molar-refractivity contribution is 7.98. The quantitative estimate of drug-likeness (QED) is 0.718. The van der Waals surface area contributed by atoms with Crippen LogP contribution in [0.1, 0.15) is 11.4 Å².